The first kappa shape index (κ1) is 17.9. The summed E-state index contributed by atoms with van der Waals surface area (Å²) in [4.78, 5) is 0. The van der Waals surface area contributed by atoms with Crippen LogP contribution < -0.4 is 16.4 Å². The molecule has 0 aromatic heterocycles. The van der Waals surface area contributed by atoms with Crippen molar-refractivity contribution < 1.29 is 0 Å². The summed E-state index contributed by atoms with van der Waals surface area (Å²) in [6, 6.07) is 0. The zero-order valence-electron chi connectivity index (χ0n) is 12.5. The standard InChI is InChI=1S/C15H35N3/c1-17-13-9-5-3-7-11-15-18-14-10-6-2-4-8-12-16/h17-18H,2-16H2,1H3. The second-order valence-corrected chi connectivity index (χ2v) is 5.18. The van der Waals surface area contributed by atoms with E-state index in [2.05, 4.69) is 10.6 Å². The van der Waals surface area contributed by atoms with Crippen molar-refractivity contribution in [1.29, 1.82) is 0 Å². The highest BCUT2D eigenvalue weighted by atomic mass is 14.8. The third kappa shape index (κ3) is 15.9. The van der Waals surface area contributed by atoms with Gasteiger partial charge in [-0.1, -0.05) is 38.5 Å². The highest BCUT2D eigenvalue weighted by molar-refractivity contribution is 4.52. The van der Waals surface area contributed by atoms with Crippen molar-refractivity contribution in [3.05, 3.63) is 0 Å². The first-order valence-electron chi connectivity index (χ1n) is 7.97. The zero-order chi connectivity index (χ0) is 13.3. The van der Waals surface area contributed by atoms with E-state index in [1.165, 1.54) is 83.8 Å². The Morgan fingerprint density at radius 1 is 0.611 bits per heavy atom. The maximum absolute atomic E-state index is 5.46. The molecule has 0 radical (unpaired) electrons. The van der Waals surface area contributed by atoms with Crippen molar-refractivity contribution in [2.75, 3.05) is 33.2 Å². The van der Waals surface area contributed by atoms with Gasteiger partial charge < -0.3 is 16.4 Å². The minimum absolute atomic E-state index is 0.854. The largest absolute Gasteiger partial charge is 0.330 e. The van der Waals surface area contributed by atoms with E-state index in [0.29, 0.717) is 0 Å². The third-order valence-corrected chi connectivity index (χ3v) is 3.34. The Morgan fingerprint density at radius 2 is 1.06 bits per heavy atom. The van der Waals surface area contributed by atoms with Gasteiger partial charge in [0.2, 0.25) is 0 Å². The van der Waals surface area contributed by atoms with E-state index in [4.69, 9.17) is 5.73 Å². The predicted octanol–water partition coefficient (Wildman–Crippen LogP) is 2.66. The summed E-state index contributed by atoms with van der Waals surface area (Å²) >= 11 is 0. The van der Waals surface area contributed by atoms with Crippen LogP contribution in [0.4, 0.5) is 0 Å². The lowest BCUT2D eigenvalue weighted by molar-refractivity contribution is 0.544. The van der Waals surface area contributed by atoms with Crippen molar-refractivity contribution in [3.8, 4) is 0 Å². The zero-order valence-corrected chi connectivity index (χ0v) is 12.5. The minimum Gasteiger partial charge on any atom is -0.330 e. The summed E-state index contributed by atoms with van der Waals surface area (Å²) in [7, 11) is 2.03. The molecular formula is C15H35N3. The molecule has 0 aliphatic carbocycles. The Labute approximate surface area is 114 Å². The summed E-state index contributed by atoms with van der Waals surface area (Å²) in [5, 5.41) is 6.73. The molecule has 0 saturated carbocycles. The third-order valence-electron chi connectivity index (χ3n) is 3.34. The lowest BCUT2D eigenvalue weighted by Gasteiger charge is -2.05. The Hall–Kier alpha value is -0.120. The lowest BCUT2D eigenvalue weighted by Crippen LogP contribution is -2.16. The van der Waals surface area contributed by atoms with Gasteiger partial charge >= 0.3 is 0 Å². The van der Waals surface area contributed by atoms with E-state index in [0.717, 1.165) is 6.54 Å². The molecule has 0 bridgehead atoms. The van der Waals surface area contributed by atoms with Gasteiger partial charge in [0.1, 0.15) is 0 Å². The Morgan fingerprint density at radius 3 is 1.56 bits per heavy atom. The molecule has 0 aliphatic heterocycles. The number of unbranched alkanes of at least 4 members (excludes halogenated alkanes) is 8. The summed E-state index contributed by atoms with van der Waals surface area (Å²) < 4.78 is 0. The van der Waals surface area contributed by atoms with Gasteiger partial charge in [0.15, 0.2) is 0 Å². The van der Waals surface area contributed by atoms with Gasteiger partial charge in [-0.2, -0.15) is 0 Å². The van der Waals surface area contributed by atoms with Gasteiger partial charge in [-0.3, -0.25) is 0 Å². The molecule has 0 rings (SSSR count). The number of hydrogen-bond donors (Lipinski definition) is 3. The number of nitrogens with two attached hydrogens (primary N) is 1. The lowest BCUT2D eigenvalue weighted by atomic mass is 10.1. The molecule has 3 heteroatoms. The van der Waals surface area contributed by atoms with Gasteiger partial charge in [-0.25, -0.2) is 0 Å². The van der Waals surface area contributed by atoms with Gasteiger partial charge in [0.25, 0.3) is 0 Å². The molecule has 0 aromatic carbocycles. The predicted molar refractivity (Wildman–Crippen MR) is 82.0 cm³/mol. The van der Waals surface area contributed by atoms with Crippen LogP contribution in [0.15, 0.2) is 0 Å². The van der Waals surface area contributed by atoms with Crippen LogP contribution in [-0.2, 0) is 0 Å². The maximum atomic E-state index is 5.46. The smallest absolute Gasteiger partial charge is 0.00489 e. The molecular weight excluding hydrogens is 222 g/mol. The molecule has 4 N–H and O–H groups in total. The molecule has 0 saturated heterocycles. The molecule has 0 heterocycles. The average molecular weight is 257 g/mol. The van der Waals surface area contributed by atoms with Crippen LogP contribution in [0.25, 0.3) is 0 Å². The number of rotatable bonds is 15. The van der Waals surface area contributed by atoms with Crippen LogP contribution in [-0.4, -0.2) is 33.2 Å². The van der Waals surface area contributed by atoms with Gasteiger partial charge in [0.05, 0.1) is 0 Å². The highest BCUT2D eigenvalue weighted by Gasteiger charge is 1.92. The van der Waals surface area contributed by atoms with Crippen LogP contribution in [0.1, 0.15) is 64.2 Å². The molecule has 0 spiro atoms. The quantitative estimate of drug-likeness (QED) is 0.395. The maximum Gasteiger partial charge on any atom is -0.00489 e. The van der Waals surface area contributed by atoms with Crippen LogP contribution in [0.3, 0.4) is 0 Å². The molecule has 3 nitrogen and oxygen atoms in total. The van der Waals surface area contributed by atoms with Crippen molar-refractivity contribution in [2.24, 2.45) is 5.73 Å². The van der Waals surface area contributed by atoms with Crippen molar-refractivity contribution in [2.45, 2.75) is 64.2 Å². The summed E-state index contributed by atoms with van der Waals surface area (Å²) in [5.74, 6) is 0. The second-order valence-electron chi connectivity index (χ2n) is 5.18. The molecule has 0 unspecified atom stereocenters. The van der Waals surface area contributed by atoms with E-state index in [1.807, 2.05) is 7.05 Å². The SMILES string of the molecule is CNCCCCCCCNCCCCCCCN. The first-order valence-corrected chi connectivity index (χ1v) is 7.97. The second kappa shape index (κ2) is 16.9. The topological polar surface area (TPSA) is 50.1 Å². The molecule has 18 heavy (non-hydrogen) atoms. The molecule has 0 aromatic rings. The Bertz CT molecular complexity index is 124. The number of nitrogens with one attached hydrogen (secondary N) is 2. The monoisotopic (exact) mass is 257 g/mol. The van der Waals surface area contributed by atoms with Crippen LogP contribution in [0, 0.1) is 0 Å². The van der Waals surface area contributed by atoms with Crippen molar-refractivity contribution >= 4 is 0 Å². The van der Waals surface area contributed by atoms with Gasteiger partial charge in [-0.15, -0.1) is 0 Å². The average Bonchev–Trinajstić information content (AvgIpc) is 2.39. The Kier molecular flexibility index (Phi) is 16.8. The normalized spacial score (nSPS) is 11.0. The fourth-order valence-corrected chi connectivity index (χ4v) is 2.13. The Balaban J connectivity index is 2.86. The first-order chi connectivity index (χ1) is 8.91. The summed E-state index contributed by atoms with van der Waals surface area (Å²) in [6.07, 6.45) is 13.4. The van der Waals surface area contributed by atoms with Crippen LogP contribution in [0.2, 0.25) is 0 Å². The molecule has 110 valence electrons. The van der Waals surface area contributed by atoms with E-state index in [1.54, 1.807) is 0 Å². The minimum atomic E-state index is 0.854. The molecule has 0 atom stereocenters. The van der Waals surface area contributed by atoms with Crippen molar-refractivity contribution in [1.82, 2.24) is 10.6 Å². The fourth-order valence-electron chi connectivity index (χ4n) is 2.13. The summed E-state index contributed by atoms with van der Waals surface area (Å²) in [6.45, 7) is 4.42. The van der Waals surface area contributed by atoms with E-state index in [9.17, 15) is 0 Å². The van der Waals surface area contributed by atoms with Gasteiger partial charge in [-0.05, 0) is 58.9 Å². The van der Waals surface area contributed by atoms with Crippen LogP contribution in [0.5, 0.6) is 0 Å². The van der Waals surface area contributed by atoms with E-state index in [-0.39, 0.29) is 0 Å². The van der Waals surface area contributed by atoms with Crippen LogP contribution >= 0.6 is 0 Å². The van der Waals surface area contributed by atoms with E-state index < -0.39 is 0 Å². The number of hydrogen-bond acceptors (Lipinski definition) is 3. The van der Waals surface area contributed by atoms with Gasteiger partial charge in [0, 0.05) is 0 Å². The fraction of sp³-hybridized carbons (Fsp3) is 1.00. The van der Waals surface area contributed by atoms with Crippen molar-refractivity contribution in [3.63, 3.8) is 0 Å². The van der Waals surface area contributed by atoms with E-state index >= 15 is 0 Å². The molecule has 0 amide bonds. The molecule has 0 aliphatic rings. The summed E-state index contributed by atoms with van der Waals surface area (Å²) in [5.41, 5.74) is 5.46. The highest BCUT2D eigenvalue weighted by Crippen LogP contribution is 2.02. The molecule has 0 fully saturated rings.